The van der Waals surface area contributed by atoms with Gasteiger partial charge in [0.05, 0.1) is 18.7 Å². The van der Waals surface area contributed by atoms with E-state index < -0.39 is 12.1 Å². The van der Waals surface area contributed by atoms with Crippen LogP contribution < -0.4 is 21.1 Å². The lowest BCUT2D eigenvalue weighted by molar-refractivity contribution is -0.140. The van der Waals surface area contributed by atoms with Gasteiger partial charge in [0.2, 0.25) is 17.7 Å². The molecule has 43 heavy (non-hydrogen) atoms. The summed E-state index contributed by atoms with van der Waals surface area (Å²) in [6.45, 7) is 4.89. The molecule has 3 amide bonds. The lowest BCUT2D eigenvalue weighted by Crippen LogP contribution is -2.53. The highest BCUT2D eigenvalue weighted by molar-refractivity contribution is 5.91. The fourth-order valence-corrected chi connectivity index (χ4v) is 6.13. The minimum absolute atomic E-state index is 0.00502. The average Bonchev–Trinajstić information content (AvgIpc) is 3.61. The van der Waals surface area contributed by atoms with Gasteiger partial charge in [0.1, 0.15) is 17.3 Å². The van der Waals surface area contributed by atoms with Crippen molar-refractivity contribution in [3.8, 4) is 5.75 Å². The molecular formula is C31H42N8O4. The first-order valence-corrected chi connectivity index (χ1v) is 15.0. The van der Waals surface area contributed by atoms with E-state index in [9.17, 15) is 14.4 Å². The van der Waals surface area contributed by atoms with E-state index in [0.717, 1.165) is 47.4 Å². The van der Waals surface area contributed by atoms with Gasteiger partial charge in [-0.15, -0.1) is 5.10 Å². The van der Waals surface area contributed by atoms with Crippen molar-refractivity contribution in [2.24, 2.45) is 18.7 Å². The molecule has 0 radical (unpaired) electrons. The molecule has 0 spiro atoms. The Hall–Kier alpha value is -4.03. The average molecular weight is 591 g/mol. The highest BCUT2D eigenvalue weighted by Gasteiger charge is 2.41. The van der Waals surface area contributed by atoms with Crippen molar-refractivity contribution in [3.63, 3.8) is 0 Å². The molecule has 2 aromatic carbocycles. The summed E-state index contributed by atoms with van der Waals surface area (Å²) in [7, 11) is 3.46. The molecule has 4 atom stereocenters. The smallest absolute Gasteiger partial charge is 0.243 e. The summed E-state index contributed by atoms with van der Waals surface area (Å²) in [5.74, 6) is 0.354. The Morgan fingerprint density at radius 2 is 1.91 bits per heavy atom. The number of hydrogen-bond donors (Lipinski definition) is 3. The van der Waals surface area contributed by atoms with E-state index in [2.05, 4.69) is 20.9 Å². The number of likely N-dealkylation sites (tertiary alicyclic amines) is 1. The van der Waals surface area contributed by atoms with Gasteiger partial charge in [-0.3, -0.25) is 14.4 Å². The van der Waals surface area contributed by atoms with Gasteiger partial charge in [-0.1, -0.05) is 23.4 Å². The Morgan fingerprint density at radius 3 is 2.65 bits per heavy atom. The molecule has 0 aliphatic carbocycles. The van der Waals surface area contributed by atoms with Crippen molar-refractivity contribution < 1.29 is 19.1 Å². The standard InChI is InChI=1S/C31H42N8O4/c1-20-17-33-12-13-38(20)29(40)11-9-25(32)31(42)39-19-23(14-21-4-7-24(43-3)8-5-21)16-28(39)30(41)34-18-22-6-10-27-26(15-22)35-36-37(27)2/h4-8,10,15,20,23,25,28,33H,9,11-14,16-19,32H2,1-3H3,(H,34,41)/t20-,23-,25-,28+/m1/s1. The van der Waals surface area contributed by atoms with Gasteiger partial charge in [0, 0.05) is 52.2 Å². The summed E-state index contributed by atoms with van der Waals surface area (Å²) in [5, 5.41) is 14.5. The molecule has 4 N–H and O–H groups in total. The molecule has 12 heteroatoms. The van der Waals surface area contributed by atoms with Crippen molar-refractivity contribution in [2.45, 2.75) is 57.3 Å². The molecule has 230 valence electrons. The van der Waals surface area contributed by atoms with E-state index in [1.807, 2.05) is 61.3 Å². The van der Waals surface area contributed by atoms with Gasteiger partial charge in [0.25, 0.3) is 0 Å². The third-order valence-corrected chi connectivity index (χ3v) is 8.61. The number of methoxy groups -OCH3 is 1. The number of ether oxygens (including phenoxy) is 1. The minimum Gasteiger partial charge on any atom is -0.497 e. The molecule has 2 fully saturated rings. The van der Waals surface area contributed by atoms with Gasteiger partial charge < -0.3 is 30.9 Å². The van der Waals surface area contributed by atoms with Gasteiger partial charge in [-0.25, -0.2) is 4.68 Å². The van der Waals surface area contributed by atoms with E-state index in [1.54, 1.807) is 16.7 Å². The number of aryl methyl sites for hydroxylation is 1. The molecule has 0 saturated carbocycles. The number of amides is 3. The second kappa shape index (κ2) is 13.5. The van der Waals surface area contributed by atoms with Crippen LogP contribution >= 0.6 is 0 Å². The van der Waals surface area contributed by atoms with Gasteiger partial charge in [-0.05, 0) is 67.5 Å². The summed E-state index contributed by atoms with van der Waals surface area (Å²) in [6.07, 6.45) is 1.68. The van der Waals surface area contributed by atoms with Crippen LogP contribution in [0.25, 0.3) is 11.0 Å². The quantitative estimate of drug-likeness (QED) is 0.317. The highest BCUT2D eigenvalue weighted by Crippen LogP contribution is 2.28. The maximum atomic E-state index is 13.7. The topological polar surface area (TPSA) is 148 Å². The molecule has 2 aliphatic rings. The van der Waals surface area contributed by atoms with Crippen LogP contribution in [-0.2, 0) is 34.4 Å². The summed E-state index contributed by atoms with van der Waals surface area (Å²) >= 11 is 0. The van der Waals surface area contributed by atoms with Crippen LogP contribution in [0.5, 0.6) is 5.75 Å². The molecule has 2 aliphatic heterocycles. The predicted octanol–water partition coefficient (Wildman–Crippen LogP) is 0.981. The first-order chi connectivity index (χ1) is 20.7. The molecule has 0 bridgehead atoms. The monoisotopic (exact) mass is 590 g/mol. The summed E-state index contributed by atoms with van der Waals surface area (Å²) in [6, 6.07) is 12.2. The molecule has 3 heterocycles. The fourth-order valence-electron chi connectivity index (χ4n) is 6.13. The molecular weight excluding hydrogens is 548 g/mol. The molecule has 3 aromatic rings. The largest absolute Gasteiger partial charge is 0.497 e. The van der Waals surface area contributed by atoms with E-state index in [4.69, 9.17) is 10.5 Å². The number of piperazine rings is 1. The van der Waals surface area contributed by atoms with E-state index in [1.165, 1.54) is 0 Å². The molecule has 1 aromatic heterocycles. The zero-order valence-corrected chi connectivity index (χ0v) is 25.2. The van der Waals surface area contributed by atoms with Crippen LogP contribution in [0.1, 0.15) is 37.3 Å². The zero-order valence-electron chi connectivity index (χ0n) is 25.2. The van der Waals surface area contributed by atoms with Crippen LogP contribution in [0, 0.1) is 5.92 Å². The normalized spacial score (nSPS) is 21.2. The number of benzene rings is 2. The first-order valence-electron chi connectivity index (χ1n) is 15.0. The van der Waals surface area contributed by atoms with Crippen LogP contribution in [0.15, 0.2) is 42.5 Å². The second-order valence-electron chi connectivity index (χ2n) is 11.7. The Bertz CT molecular complexity index is 1440. The predicted molar refractivity (Wildman–Crippen MR) is 162 cm³/mol. The number of carbonyl (C=O) groups is 3. The first kappa shape index (κ1) is 30.4. The molecule has 12 nitrogen and oxygen atoms in total. The van der Waals surface area contributed by atoms with Crippen LogP contribution in [0.4, 0.5) is 0 Å². The Kier molecular flexibility index (Phi) is 9.56. The number of nitrogens with one attached hydrogen (secondary N) is 2. The van der Waals surface area contributed by atoms with Crippen LogP contribution in [-0.4, -0.2) is 93.9 Å². The van der Waals surface area contributed by atoms with Crippen molar-refractivity contribution >= 4 is 28.8 Å². The van der Waals surface area contributed by atoms with Gasteiger partial charge in [-0.2, -0.15) is 0 Å². The Labute approximate surface area is 251 Å². The molecule has 0 unspecified atom stereocenters. The van der Waals surface area contributed by atoms with Crippen molar-refractivity contribution in [3.05, 3.63) is 53.6 Å². The fraction of sp³-hybridized carbons (Fsp3) is 0.516. The number of rotatable bonds is 10. The van der Waals surface area contributed by atoms with Crippen molar-refractivity contribution in [2.75, 3.05) is 33.3 Å². The number of aromatic nitrogens is 3. The number of fused-ring (bicyclic) bond motifs is 1. The highest BCUT2D eigenvalue weighted by atomic mass is 16.5. The third-order valence-electron chi connectivity index (χ3n) is 8.61. The molecule has 5 rings (SSSR count). The number of nitrogens with two attached hydrogens (primary N) is 1. The maximum absolute atomic E-state index is 13.7. The minimum atomic E-state index is -0.865. The van der Waals surface area contributed by atoms with E-state index in [0.29, 0.717) is 26.1 Å². The van der Waals surface area contributed by atoms with E-state index in [-0.39, 0.29) is 42.5 Å². The van der Waals surface area contributed by atoms with Crippen molar-refractivity contribution in [1.82, 2.24) is 35.4 Å². The van der Waals surface area contributed by atoms with Crippen molar-refractivity contribution in [1.29, 1.82) is 0 Å². The summed E-state index contributed by atoms with van der Waals surface area (Å²) < 4.78 is 6.97. The lowest BCUT2D eigenvalue weighted by Gasteiger charge is -2.34. The van der Waals surface area contributed by atoms with Crippen LogP contribution in [0.2, 0.25) is 0 Å². The van der Waals surface area contributed by atoms with Gasteiger partial charge >= 0.3 is 0 Å². The van der Waals surface area contributed by atoms with Crippen LogP contribution in [0.3, 0.4) is 0 Å². The Balaban J connectivity index is 1.25. The number of nitrogens with zero attached hydrogens (tertiary/aromatic N) is 5. The maximum Gasteiger partial charge on any atom is 0.243 e. The number of carbonyl (C=O) groups excluding carboxylic acids is 3. The zero-order chi connectivity index (χ0) is 30.5. The summed E-state index contributed by atoms with van der Waals surface area (Å²) in [5.41, 5.74) is 10.0. The molecule has 2 saturated heterocycles. The number of hydrogen-bond acceptors (Lipinski definition) is 8. The van der Waals surface area contributed by atoms with Gasteiger partial charge in [0.15, 0.2) is 0 Å². The SMILES string of the molecule is COc1ccc(C[C@@H]2C[C@@H](C(=O)NCc3ccc4c(c3)nnn4C)N(C(=O)[C@H](N)CCC(=O)N3CCNC[C@H]3C)C2)cc1. The van der Waals surface area contributed by atoms with E-state index >= 15 is 0 Å². The summed E-state index contributed by atoms with van der Waals surface area (Å²) in [4.78, 5) is 43.6. The third kappa shape index (κ3) is 7.14. The Morgan fingerprint density at radius 1 is 1.14 bits per heavy atom. The second-order valence-corrected chi connectivity index (χ2v) is 11.7. The lowest BCUT2D eigenvalue weighted by atomic mass is 9.96.